The maximum absolute atomic E-state index is 11.8. The summed E-state index contributed by atoms with van der Waals surface area (Å²) in [7, 11) is 0. The van der Waals surface area contributed by atoms with E-state index in [0.717, 1.165) is 56.4 Å². The molecule has 8 heteroatoms. The zero-order valence-corrected chi connectivity index (χ0v) is 22.6. The molecule has 0 heterocycles. The summed E-state index contributed by atoms with van der Waals surface area (Å²) in [5.74, 6) is 0.930. The van der Waals surface area contributed by atoms with E-state index < -0.39 is 11.8 Å². The van der Waals surface area contributed by atoms with E-state index in [4.69, 9.17) is 16.0 Å². The van der Waals surface area contributed by atoms with Crippen LogP contribution in [0.1, 0.15) is 91.9 Å². The number of hydrogen-bond acceptors (Lipinski definition) is 5. The molecule has 11 atom stereocenters. The quantitative estimate of drug-likeness (QED) is 0.161. The molecule has 4 unspecified atom stereocenters. The van der Waals surface area contributed by atoms with Crippen molar-refractivity contribution in [2.45, 2.75) is 104 Å². The Hall–Kier alpha value is -1.54. The van der Waals surface area contributed by atoms with E-state index in [1.807, 2.05) is 0 Å². The first-order valence-corrected chi connectivity index (χ1v) is 14.3. The molecule has 204 valence electrons. The minimum Gasteiger partial charge on any atom is -0.477 e. The smallest absolute Gasteiger partial charge is 0.351 e. The van der Waals surface area contributed by atoms with Gasteiger partial charge < -0.3 is 25.9 Å². The molecule has 8 nitrogen and oxygen atoms in total. The second-order valence-electron chi connectivity index (χ2n) is 13.1. The molecule has 0 spiro atoms. The van der Waals surface area contributed by atoms with Crippen LogP contribution >= 0.6 is 0 Å². The molecule has 0 saturated heterocycles. The van der Waals surface area contributed by atoms with E-state index >= 15 is 0 Å². The number of carboxylic acid groups (broad SMARTS) is 1. The largest absolute Gasteiger partial charge is 0.477 e. The number of rotatable bonds is 7. The predicted molar refractivity (Wildman–Crippen MR) is 138 cm³/mol. The summed E-state index contributed by atoms with van der Waals surface area (Å²) >= 11 is 0. The summed E-state index contributed by atoms with van der Waals surface area (Å²) in [6.45, 7) is 9.65. The molecule has 0 bridgehead atoms. The average molecular weight is 504 g/mol. The van der Waals surface area contributed by atoms with Gasteiger partial charge in [0.1, 0.15) is 5.84 Å². The number of aliphatic carboxylic acids is 1. The lowest BCUT2D eigenvalue weighted by Gasteiger charge is -2.64. The van der Waals surface area contributed by atoms with Crippen LogP contribution in [0.25, 0.3) is 5.53 Å². The van der Waals surface area contributed by atoms with Crippen molar-refractivity contribution in [2.75, 3.05) is 6.54 Å². The Bertz CT molecular complexity index is 853. The molecule has 0 aromatic heterocycles. The van der Waals surface area contributed by atoms with Gasteiger partial charge in [-0.1, -0.05) is 47.0 Å². The summed E-state index contributed by atoms with van der Waals surface area (Å²) in [5.41, 5.74) is 9.52. The molecular formula is C28H47N4O4-. The minimum atomic E-state index is -1.40. The molecule has 4 aliphatic carbocycles. The van der Waals surface area contributed by atoms with Crippen LogP contribution in [-0.2, 0) is 4.79 Å². The van der Waals surface area contributed by atoms with Crippen LogP contribution in [0.15, 0.2) is 5.22 Å². The number of carboxylic acids is 1. The molecule has 4 saturated carbocycles. The first-order chi connectivity index (χ1) is 17.0. The number of hydrogen-bond donors (Lipinski definition) is 4. The van der Waals surface area contributed by atoms with E-state index in [0.29, 0.717) is 41.9 Å². The number of aliphatic hydroxyl groups excluding tert-OH is 2. The third kappa shape index (κ3) is 4.40. The summed E-state index contributed by atoms with van der Waals surface area (Å²) < 4.78 is 0. The Morgan fingerprint density at radius 3 is 2.42 bits per heavy atom. The lowest BCUT2D eigenvalue weighted by molar-refractivity contribution is -0.203. The lowest BCUT2D eigenvalue weighted by Crippen LogP contribution is -2.62. The first-order valence-electron chi connectivity index (χ1n) is 14.3. The number of carbonyl (C=O) groups is 1. The highest BCUT2D eigenvalue weighted by molar-refractivity contribution is 6.32. The number of aliphatic hydroxyl groups is 2. The highest BCUT2D eigenvalue weighted by Gasteiger charge is 2.64. The van der Waals surface area contributed by atoms with E-state index in [-0.39, 0.29) is 35.5 Å². The van der Waals surface area contributed by atoms with Gasteiger partial charge in [-0.05, 0) is 104 Å². The molecule has 0 aromatic rings. The predicted octanol–water partition coefficient (Wildman–Crippen LogP) is 5.33. The van der Waals surface area contributed by atoms with Crippen LogP contribution in [0.3, 0.4) is 0 Å². The monoisotopic (exact) mass is 503 g/mol. The maximum atomic E-state index is 11.8. The van der Waals surface area contributed by atoms with E-state index in [1.165, 1.54) is 6.42 Å². The van der Waals surface area contributed by atoms with Crippen molar-refractivity contribution in [1.82, 2.24) is 5.01 Å². The molecule has 4 rings (SSSR count). The van der Waals surface area contributed by atoms with Gasteiger partial charge >= 0.3 is 5.97 Å². The fourth-order valence-corrected chi connectivity index (χ4v) is 10.0. The van der Waals surface area contributed by atoms with Crippen LogP contribution in [0.5, 0.6) is 0 Å². The van der Waals surface area contributed by atoms with Crippen molar-refractivity contribution in [2.24, 2.45) is 57.5 Å². The van der Waals surface area contributed by atoms with Gasteiger partial charge in [-0.2, -0.15) is 0 Å². The standard InChI is InChI=1S/C28H47N4O4/c1-5-18-22-15-17(33)10-12-28(22,4)21-11-13-27(3)19(8-9-20(27)23(21)24(18)34)16(2)7-6-14-32(31-30)25(29)26(35)36/h16-24,29,33-34H,5-15H2,1-4H3,(H,35,36)/q-1/t16-,17-,18-,19?,20?,21?,22+,23?,24-,27-,28-/m1/s1. The van der Waals surface area contributed by atoms with Gasteiger partial charge in [-0.25, -0.2) is 4.79 Å². The summed E-state index contributed by atoms with van der Waals surface area (Å²) in [6.07, 6.45) is 9.47. The summed E-state index contributed by atoms with van der Waals surface area (Å²) in [4.78, 5) is 11.0. The van der Waals surface area contributed by atoms with Crippen LogP contribution in [0.4, 0.5) is 0 Å². The number of fused-ring (bicyclic) bond motifs is 5. The normalized spacial score (nSPS) is 44.6. The Morgan fingerprint density at radius 2 is 1.78 bits per heavy atom. The first kappa shape index (κ1) is 27.5. The fourth-order valence-electron chi connectivity index (χ4n) is 10.0. The van der Waals surface area contributed by atoms with Gasteiger partial charge in [-0.3, -0.25) is 10.6 Å². The minimum absolute atomic E-state index is 0.187. The Kier molecular flexibility index (Phi) is 7.88. The Balaban J connectivity index is 1.48. The second kappa shape index (κ2) is 10.3. The highest BCUT2D eigenvalue weighted by Crippen LogP contribution is 2.69. The van der Waals surface area contributed by atoms with Crippen LogP contribution in [-0.4, -0.2) is 50.9 Å². The lowest BCUT2D eigenvalue weighted by atomic mass is 9.41. The van der Waals surface area contributed by atoms with Crippen LogP contribution in [0, 0.1) is 57.7 Å². The van der Waals surface area contributed by atoms with E-state index in [9.17, 15) is 15.0 Å². The van der Waals surface area contributed by atoms with E-state index in [1.54, 1.807) is 0 Å². The van der Waals surface area contributed by atoms with Crippen molar-refractivity contribution in [3.63, 3.8) is 0 Å². The molecule has 0 radical (unpaired) electrons. The maximum Gasteiger partial charge on any atom is 0.351 e. The van der Waals surface area contributed by atoms with Gasteiger partial charge in [-0.15, -0.1) is 0 Å². The van der Waals surface area contributed by atoms with Gasteiger partial charge in [0.15, 0.2) is 0 Å². The Morgan fingerprint density at radius 1 is 1.11 bits per heavy atom. The molecule has 4 N–H and O–H groups in total. The summed E-state index contributed by atoms with van der Waals surface area (Å²) in [6, 6.07) is 0. The summed E-state index contributed by atoms with van der Waals surface area (Å²) in [5, 5.41) is 42.7. The highest BCUT2D eigenvalue weighted by atomic mass is 16.4. The van der Waals surface area contributed by atoms with Gasteiger partial charge in [0.05, 0.1) is 12.2 Å². The number of nitrogens with one attached hydrogen (secondary N) is 1. The molecular weight excluding hydrogens is 456 g/mol. The van der Waals surface area contributed by atoms with Crippen molar-refractivity contribution in [1.29, 1.82) is 5.41 Å². The van der Waals surface area contributed by atoms with Crippen molar-refractivity contribution in [3.05, 3.63) is 5.53 Å². The van der Waals surface area contributed by atoms with Crippen molar-refractivity contribution < 1.29 is 20.1 Å². The SMILES string of the molecule is CC[C@H]1[C@@H](O)C2C3CCC([C@H](C)CCCN(N=[N-])C(=N)C(=O)O)[C@@]3(C)CCC2[C@@]2(C)CC[C@@H](O)C[C@@H]12. The topological polar surface area (TPSA) is 140 Å². The van der Waals surface area contributed by atoms with Gasteiger partial charge in [0.2, 0.25) is 0 Å². The molecule has 0 aromatic carbocycles. The number of amidine groups is 1. The molecule has 4 aliphatic rings. The van der Waals surface area contributed by atoms with E-state index in [2.05, 4.69) is 32.9 Å². The van der Waals surface area contributed by atoms with Crippen LogP contribution < -0.4 is 0 Å². The zero-order valence-electron chi connectivity index (χ0n) is 22.6. The zero-order chi connectivity index (χ0) is 26.4. The van der Waals surface area contributed by atoms with Crippen LogP contribution in [0.2, 0.25) is 0 Å². The van der Waals surface area contributed by atoms with Crippen molar-refractivity contribution in [3.8, 4) is 0 Å². The third-order valence-corrected chi connectivity index (χ3v) is 11.7. The second-order valence-corrected chi connectivity index (χ2v) is 13.1. The number of nitrogens with zero attached hydrogens (tertiary/aromatic N) is 3. The Labute approximate surface area is 216 Å². The van der Waals surface area contributed by atoms with Gasteiger partial charge in [0.25, 0.3) is 0 Å². The van der Waals surface area contributed by atoms with Crippen molar-refractivity contribution >= 4 is 11.8 Å². The third-order valence-electron chi connectivity index (χ3n) is 11.7. The van der Waals surface area contributed by atoms with Gasteiger partial charge in [0, 0.05) is 0 Å². The fraction of sp³-hybridized carbons (Fsp3) is 0.929. The molecule has 0 aliphatic heterocycles. The molecule has 4 fully saturated rings. The molecule has 36 heavy (non-hydrogen) atoms. The average Bonchev–Trinajstić information content (AvgIpc) is 3.20. The molecule has 0 amide bonds.